The summed E-state index contributed by atoms with van der Waals surface area (Å²) in [6.07, 6.45) is 6.77. The molecule has 3 atom stereocenters. The molecule has 2 bridgehead atoms. The van der Waals surface area contributed by atoms with Crippen LogP contribution in [0.15, 0.2) is 29.1 Å². The molecule has 2 fully saturated rings. The van der Waals surface area contributed by atoms with Crippen molar-refractivity contribution in [3.63, 3.8) is 0 Å². The Labute approximate surface area is 191 Å². The van der Waals surface area contributed by atoms with Crippen molar-refractivity contribution in [2.24, 2.45) is 11.8 Å². The number of carbonyl (C=O) groups excluding carboxylic acids is 1. The number of piperidine rings is 1. The van der Waals surface area contributed by atoms with Crippen molar-refractivity contribution in [2.45, 2.75) is 85.5 Å². The van der Waals surface area contributed by atoms with Crippen molar-refractivity contribution < 1.29 is 9.90 Å². The average molecular weight is 442 g/mol. The van der Waals surface area contributed by atoms with Gasteiger partial charge in [-0.05, 0) is 49.7 Å². The van der Waals surface area contributed by atoms with Crippen LogP contribution in [0.25, 0.3) is 10.9 Å². The lowest BCUT2D eigenvalue weighted by atomic mass is 9.79. The van der Waals surface area contributed by atoms with Gasteiger partial charge in [0, 0.05) is 24.5 Å². The van der Waals surface area contributed by atoms with Crippen LogP contribution in [0.1, 0.15) is 77.1 Å². The zero-order valence-electron chi connectivity index (χ0n) is 18.9. The average Bonchev–Trinajstić information content (AvgIpc) is 2.75. The van der Waals surface area contributed by atoms with E-state index in [4.69, 9.17) is 0 Å². The van der Waals surface area contributed by atoms with E-state index < -0.39 is 11.5 Å². The Hall–Kier alpha value is -2.34. The van der Waals surface area contributed by atoms with E-state index in [-0.39, 0.29) is 30.8 Å². The van der Waals surface area contributed by atoms with Gasteiger partial charge in [0.1, 0.15) is 11.3 Å². The number of aromatic nitrogens is 1. The number of amides is 1. The first-order chi connectivity index (χ1) is 14.9. The molecule has 1 amide bonds. The maximum atomic E-state index is 13.3. The van der Waals surface area contributed by atoms with Gasteiger partial charge < -0.3 is 15.0 Å². The highest BCUT2D eigenvalue weighted by Gasteiger charge is 2.36. The molecule has 1 saturated heterocycles. The third-order valence-corrected chi connectivity index (χ3v) is 7.03. The number of fused-ring (bicyclic) bond motifs is 3. The molecular formula is C26H39N3O3. The predicted octanol–water partition coefficient (Wildman–Crippen LogP) is 4.73. The van der Waals surface area contributed by atoms with Crippen molar-refractivity contribution in [1.82, 2.24) is 14.8 Å². The molecule has 176 valence electrons. The second kappa shape index (κ2) is 10.1. The smallest absolute Gasteiger partial charge is 0.267 e. The predicted molar refractivity (Wildman–Crippen MR) is 130 cm³/mol. The lowest BCUT2D eigenvalue weighted by molar-refractivity contribution is 0.0223. The number of carbonyl (C=O) groups is 1. The first-order valence-corrected chi connectivity index (χ1v) is 11.8. The Morgan fingerprint density at radius 2 is 1.97 bits per heavy atom. The summed E-state index contributed by atoms with van der Waals surface area (Å²) in [5.41, 5.74) is 0.0940. The number of benzene rings is 1. The van der Waals surface area contributed by atoms with Crippen LogP contribution in [0.5, 0.6) is 5.75 Å². The summed E-state index contributed by atoms with van der Waals surface area (Å²) in [4.78, 5) is 29.1. The highest BCUT2D eigenvalue weighted by molar-refractivity contribution is 6.02. The number of hydrogen-bond donors (Lipinski definition) is 2. The summed E-state index contributed by atoms with van der Waals surface area (Å²) < 4.78 is 1.63. The molecular weight excluding hydrogens is 402 g/mol. The standard InChI is InChI=1S/C25H35N3O3.CH4/c1-4-21(27-13-12-17-8-7-9-18(27)14-17)26-24(30)22-23(29)19-10-5-6-11-20(19)28(25(22)31)15-16(2)3;/h5-6,10-11,16-18,21,29H,4,7-9,12-15H2,1-3H3,(H,26,30);1H4. The Bertz CT molecular complexity index is 1010. The zero-order chi connectivity index (χ0) is 22.1. The fourth-order valence-corrected chi connectivity index (χ4v) is 5.53. The first kappa shape index (κ1) is 24.3. The molecule has 0 radical (unpaired) electrons. The maximum Gasteiger partial charge on any atom is 0.267 e. The molecule has 1 saturated carbocycles. The third-order valence-electron chi connectivity index (χ3n) is 7.03. The summed E-state index contributed by atoms with van der Waals surface area (Å²) in [7, 11) is 0. The van der Waals surface area contributed by atoms with Crippen molar-refractivity contribution in [1.29, 1.82) is 0 Å². The van der Waals surface area contributed by atoms with E-state index in [9.17, 15) is 14.7 Å². The van der Waals surface area contributed by atoms with E-state index in [0.29, 0.717) is 23.5 Å². The number of para-hydroxylation sites is 1. The van der Waals surface area contributed by atoms with Crippen LogP contribution in [0.2, 0.25) is 0 Å². The summed E-state index contributed by atoms with van der Waals surface area (Å²) in [5, 5.41) is 14.5. The Kier molecular flexibility index (Phi) is 7.65. The normalized spacial score (nSPS) is 21.9. The summed E-state index contributed by atoms with van der Waals surface area (Å²) in [6, 6.07) is 7.75. The van der Waals surface area contributed by atoms with Crippen LogP contribution in [-0.4, -0.2) is 39.2 Å². The van der Waals surface area contributed by atoms with Crippen molar-refractivity contribution >= 4 is 16.8 Å². The number of rotatable bonds is 6. The zero-order valence-corrected chi connectivity index (χ0v) is 18.9. The molecule has 1 aromatic carbocycles. The summed E-state index contributed by atoms with van der Waals surface area (Å²) >= 11 is 0. The van der Waals surface area contributed by atoms with Gasteiger partial charge in [-0.15, -0.1) is 0 Å². The monoisotopic (exact) mass is 441 g/mol. The molecule has 1 aliphatic carbocycles. The van der Waals surface area contributed by atoms with Crippen LogP contribution in [0.4, 0.5) is 0 Å². The number of nitrogens with zero attached hydrogens (tertiary/aromatic N) is 2. The van der Waals surface area contributed by atoms with E-state index in [1.54, 1.807) is 10.6 Å². The number of nitrogens with one attached hydrogen (secondary N) is 1. The number of hydrogen-bond acceptors (Lipinski definition) is 4. The SMILES string of the molecule is C.CCC(NC(=O)c1c(O)c2ccccc2n(CC(C)C)c1=O)N1CCC2CCCC1C2. The van der Waals surface area contributed by atoms with Gasteiger partial charge in [0.05, 0.1) is 11.7 Å². The first-order valence-electron chi connectivity index (χ1n) is 11.8. The third kappa shape index (κ3) is 4.56. The Morgan fingerprint density at radius 3 is 2.69 bits per heavy atom. The molecule has 4 rings (SSSR count). The van der Waals surface area contributed by atoms with Crippen LogP contribution in [0, 0.1) is 11.8 Å². The fourth-order valence-electron chi connectivity index (χ4n) is 5.53. The van der Waals surface area contributed by atoms with Gasteiger partial charge in [-0.1, -0.05) is 53.2 Å². The van der Waals surface area contributed by atoms with Gasteiger partial charge in [0.2, 0.25) is 0 Å². The topological polar surface area (TPSA) is 74.6 Å². The molecule has 32 heavy (non-hydrogen) atoms. The molecule has 2 N–H and O–H groups in total. The fraction of sp³-hybridized carbons (Fsp3) is 0.615. The van der Waals surface area contributed by atoms with Gasteiger partial charge in [-0.2, -0.15) is 0 Å². The van der Waals surface area contributed by atoms with E-state index in [0.717, 1.165) is 18.9 Å². The molecule has 3 unspecified atom stereocenters. The Balaban J connectivity index is 0.00000289. The molecule has 2 aromatic rings. The van der Waals surface area contributed by atoms with Crippen molar-refractivity contribution in [3.8, 4) is 5.75 Å². The molecule has 2 heterocycles. The van der Waals surface area contributed by atoms with Gasteiger partial charge in [0.25, 0.3) is 11.5 Å². The minimum absolute atomic E-state index is 0. The number of aromatic hydroxyl groups is 1. The quantitative estimate of drug-likeness (QED) is 0.680. The minimum Gasteiger partial charge on any atom is -0.506 e. The minimum atomic E-state index is -0.476. The van der Waals surface area contributed by atoms with Crippen LogP contribution >= 0.6 is 0 Å². The van der Waals surface area contributed by atoms with Gasteiger partial charge in [-0.3, -0.25) is 14.5 Å². The van der Waals surface area contributed by atoms with E-state index >= 15 is 0 Å². The van der Waals surface area contributed by atoms with E-state index in [1.807, 2.05) is 32.0 Å². The van der Waals surface area contributed by atoms with Gasteiger partial charge >= 0.3 is 0 Å². The van der Waals surface area contributed by atoms with Crippen molar-refractivity contribution in [2.75, 3.05) is 6.54 Å². The largest absolute Gasteiger partial charge is 0.506 e. The van der Waals surface area contributed by atoms with Crippen LogP contribution in [0.3, 0.4) is 0 Å². The highest BCUT2D eigenvalue weighted by Crippen LogP contribution is 2.36. The second-order valence-corrected chi connectivity index (χ2v) is 9.66. The lowest BCUT2D eigenvalue weighted by Crippen LogP contribution is -2.56. The van der Waals surface area contributed by atoms with Crippen LogP contribution in [-0.2, 0) is 6.54 Å². The second-order valence-electron chi connectivity index (χ2n) is 9.66. The molecule has 0 spiro atoms. The molecule has 1 aromatic heterocycles. The molecule has 2 aliphatic rings. The van der Waals surface area contributed by atoms with Crippen LogP contribution < -0.4 is 10.9 Å². The van der Waals surface area contributed by atoms with E-state index in [2.05, 4.69) is 17.1 Å². The molecule has 6 heteroatoms. The maximum absolute atomic E-state index is 13.3. The lowest BCUT2D eigenvalue weighted by Gasteiger charge is -2.46. The summed E-state index contributed by atoms with van der Waals surface area (Å²) in [5.74, 6) is 0.355. The molecule has 6 nitrogen and oxygen atoms in total. The van der Waals surface area contributed by atoms with E-state index in [1.165, 1.54) is 32.1 Å². The van der Waals surface area contributed by atoms with Gasteiger partial charge in [0.15, 0.2) is 0 Å². The van der Waals surface area contributed by atoms with Gasteiger partial charge in [-0.25, -0.2) is 0 Å². The Morgan fingerprint density at radius 1 is 1.22 bits per heavy atom. The van der Waals surface area contributed by atoms with Crippen molar-refractivity contribution in [3.05, 3.63) is 40.2 Å². The number of likely N-dealkylation sites (tertiary alicyclic amines) is 1. The summed E-state index contributed by atoms with van der Waals surface area (Å²) in [6.45, 7) is 7.61. The number of pyridine rings is 1. The molecule has 1 aliphatic heterocycles. The highest BCUT2D eigenvalue weighted by atomic mass is 16.3.